The summed E-state index contributed by atoms with van der Waals surface area (Å²) >= 11 is 0. The van der Waals surface area contributed by atoms with Gasteiger partial charge in [0.2, 0.25) is 0 Å². The molecule has 0 saturated carbocycles. The number of hydrogen-bond acceptors (Lipinski definition) is 5. The molecule has 0 aliphatic carbocycles. The number of hydrogen-bond donors (Lipinski definition) is 2. The molecule has 66 valence electrons. The van der Waals surface area contributed by atoms with Crippen LogP contribution in [0.5, 0.6) is 0 Å². The molecule has 0 spiro atoms. The van der Waals surface area contributed by atoms with Gasteiger partial charge in [0, 0.05) is 11.8 Å². The highest BCUT2D eigenvalue weighted by Gasteiger charge is 2.05. The molecule has 0 atom stereocenters. The van der Waals surface area contributed by atoms with E-state index in [4.69, 9.17) is 5.73 Å². The van der Waals surface area contributed by atoms with Gasteiger partial charge in [-0.3, -0.25) is 5.10 Å². The van der Waals surface area contributed by atoms with Gasteiger partial charge < -0.3 is 5.73 Å². The van der Waals surface area contributed by atoms with E-state index in [1.54, 1.807) is 6.07 Å². The van der Waals surface area contributed by atoms with E-state index in [2.05, 4.69) is 25.1 Å². The molecule has 2 heterocycles. The number of aryl methyl sites for hydroxylation is 1. The van der Waals surface area contributed by atoms with Crippen LogP contribution in [0.3, 0.4) is 0 Å². The van der Waals surface area contributed by atoms with Crippen molar-refractivity contribution in [3.8, 4) is 11.6 Å². The van der Waals surface area contributed by atoms with Crippen molar-refractivity contribution in [2.24, 2.45) is 0 Å². The smallest absolute Gasteiger partial charge is 0.199 e. The summed E-state index contributed by atoms with van der Waals surface area (Å²) in [5.74, 6) is 1.42. The van der Waals surface area contributed by atoms with E-state index in [1.165, 1.54) is 6.33 Å². The van der Waals surface area contributed by atoms with Gasteiger partial charge in [0.1, 0.15) is 12.1 Å². The fraction of sp³-hybridized carbons (Fsp3) is 0.143. The summed E-state index contributed by atoms with van der Waals surface area (Å²) in [6.07, 6.45) is 1.40. The minimum atomic E-state index is 0.430. The maximum absolute atomic E-state index is 5.55. The second-order valence-corrected chi connectivity index (χ2v) is 2.59. The van der Waals surface area contributed by atoms with Crippen LogP contribution in [0.15, 0.2) is 12.4 Å². The van der Waals surface area contributed by atoms with Gasteiger partial charge in [-0.2, -0.15) is 5.10 Å². The molecule has 0 aromatic carbocycles. The molecule has 0 amide bonds. The molecule has 13 heavy (non-hydrogen) atoms. The maximum Gasteiger partial charge on any atom is 0.199 e. The maximum atomic E-state index is 5.55. The van der Waals surface area contributed by atoms with Crippen LogP contribution in [0.2, 0.25) is 0 Å². The topological polar surface area (TPSA) is 93.4 Å². The van der Waals surface area contributed by atoms with Crippen LogP contribution in [0.4, 0.5) is 5.82 Å². The largest absolute Gasteiger partial charge is 0.384 e. The Morgan fingerprint density at radius 1 is 1.38 bits per heavy atom. The summed E-state index contributed by atoms with van der Waals surface area (Å²) in [6.45, 7) is 1.85. The standard InChI is InChI=1S/C7H8N6/c1-4-2-5(8)12-7(11-4)6-9-3-10-13-6/h2-3H,1H3,(H2,8,11,12)(H,9,10,13). The summed E-state index contributed by atoms with van der Waals surface area (Å²) < 4.78 is 0. The van der Waals surface area contributed by atoms with Crippen LogP contribution in [0, 0.1) is 6.92 Å². The Bertz CT molecular complexity index is 387. The third kappa shape index (κ3) is 1.46. The zero-order chi connectivity index (χ0) is 9.26. The number of nitrogen functional groups attached to an aromatic ring is 1. The average Bonchev–Trinajstić information content (AvgIpc) is 2.53. The minimum absolute atomic E-state index is 0.430. The first-order valence-electron chi connectivity index (χ1n) is 3.72. The van der Waals surface area contributed by atoms with Crippen LogP contribution >= 0.6 is 0 Å². The highest BCUT2D eigenvalue weighted by atomic mass is 15.2. The lowest BCUT2D eigenvalue weighted by Crippen LogP contribution is -1.98. The fourth-order valence-electron chi connectivity index (χ4n) is 1.01. The summed E-state index contributed by atoms with van der Waals surface area (Å²) in [5, 5.41) is 6.37. The number of anilines is 1. The van der Waals surface area contributed by atoms with Gasteiger partial charge in [-0.05, 0) is 6.92 Å². The van der Waals surface area contributed by atoms with E-state index in [-0.39, 0.29) is 0 Å². The van der Waals surface area contributed by atoms with E-state index in [9.17, 15) is 0 Å². The Morgan fingerprint density at radius 3 is 2.85 bits per heavy atom. The zero-order valence-corrected chi connectivity index (χ0v) is 7.02. The molecule has 0 unspecified atom stereocenters. The van der Waals surface area contributed by atoms with Crippen molar-refractivity contribution < 1.29 is 0 Å². The van der Waals surface area contributed by atoms with E-state index in [0.717, 1.165) is 5.69 Å². The first-order valence-corrected chi connectivity index (χ1v) is 3.72. The van der Waals surface area contributed by atoms with E-state index < -0.39 is 0 Å². The van der Waals surface area contributed by atoms with Crippen LogP contribution in [0.25, 0.3) is 11.6 Å². The molecule has 0 aliphatic rings. The van der Waals surface area contributed by atoms with Crippen molar-refractivity contribution in [2.75, 3.05) is 5.73 Å². The van der Waals surface area contributed by atoms with Crippen molar-refractivity contribution in [1.82, 2.24) is 25.1 Å². The molecule has 0 saturated heterocycles. The lowest BCUT2D eigenvalue weighted by molar-refractivity contribution is 1.04. The normalized spacial score (nSPS) is 10.2. The lowest BCUT2D eigenvalue weighted by Gasteiger charge is -1.98. The predicted octanol–water partition coefficient (Wildman–Crippen LogP) is 0.152. The van der Waals surface area contributed by atoms with Crippen LogP contribution < -0.4 is 5.73 Å². The molecular formula is C7H8N6. The van der Waals surface area contributed by atoms with Crippen LogP contribution in [0.1, 0.15) is 5.69 Å². The van der Waals surface area contributed by atoms with Crippen molar-refractivity contribution in [1.29, 1.82) is 0 Å². The molecule has 6 nitrogen and oxygen atoms in total. The van der Waals surface area contributed by atoms with Crippen LogP contribution in [-0.2, 0) is 0 Å². The second-order valence-electron chi connectivity index (χ2n) is 2.59. The Morgan fingerprint density at radius 2 is 2.23 bits per heavy atom. The Kier molecular flexibility index (Phi) is 1.66. The van der Waals surface area contributed by atoms with E-state index in [0.29, 0.717) is 17.5 Å². The molecule has 6 heteroatoms. The Labute approximate surface area is 74.2 Å². The molecule has 3 N–H and O–H groups in total. The van der Waals surface area contributed by atoms with Gasteiger partial charge in [-0.25, -0.2) is 15.0 Å². The average molecular weight is 176 g/mol. The summed E-state index contributed by atoms with van der Waals surface area (Å²) in [5.41, 5.74) is 6.36. The van der Waals surface area contributed by atoms with Crippen molar-refractivity contribution in [3.05, 3.63) is 18.1 Å². The molecule has 0 bridgehead atoms. The highest BCUT2D eigenvalue weighted by molar-refractivity contribution is 5.46. The molecule has 0 radical (unpaired) electrons. The number of nitrogens with one attached hydrogen (secondary N) is 1. The SMILES string of the molecule is Cc1cc(N)nc(-c2ncn[nH]2)n1. The van der Waals surface area contributed by atoms with E-state index >= 15 is 0 Å². The first-order chi connectivity index (χ1) is 6.25. The highest BCUT2D eigenvalue weighted by Crippen LogP contribution is 2.10. The number of rotatable bonds is 1. The summed E-state index contributed by atoms with van der Waals surface area (Å²) in [6, 6.07) is 1.69. The molecule has 0 fully saturated rings. The lowest BCUT2D eigenvalue weighted by atomic mass is 10.4. The number of H-pyrrole nitrogens is 1. The summed E-state index contributed by atoms with van der Waals surface area (Å²) in [7, 11) is 0. The second kappa shape index (κ2) is 2.81. The predicted molar refractivity (Wildman–Crippen MR) is 46.6 cm³/mol. The monoisotopic (exact) mass is 176 g/mol. The summed E-state index contributed by atoms with van der Waals surface area (Å²) in [4.78, 5) is 12.1. The van der Waals surface area contributed by atoms with Gasteiger partial charge in [0.25, 0.3) is 0 Å². The molecule has 2 rings (SSSR count). The number of aromatic nitrogens is 5. The minimum Gasteiger partial charge on any atom is -0.384 e. The number of nitrogens with two attached hydrogens (primary N) is 1. The fourth-order valence-corrected chi connectivity index (χ4v) is 1.01. The third-order valence-corrected chi connectivity index (χ3v) is 1.50. The van der Waals surface area contributed by atoms with Crippen LogP contribution in [-0.4, -0.2) is 25.1 Å². The van der Waals surface area contributed by atoms with E-state index in [1.807, 2.05) is 6.92 Å². The number of aromatic amines is 1. The van der Waals surface area contributed by atoms with Crippen molar-refractivity contribution >= 4 is 5.82 Å². The van der Waals surface area contributed by atoms with Gasteiger partial charge in [0.15, 0.2) is 11.6 Å². The number of nitrogens with zero attached hydrogens (tertiary/aromatic N) is 4. The Balaban J connectivity index is 2.53. The van der Waals surface area contributed by atoms with Gasteiger partial charge in [-0.15, -0.1) is 0 Å². The van der Waals surface area contributed by atoms with Gasteiger partial charge in [-0.1, -0.05) is 0 Å². The van der Waals surface area contributed by atoms with Gasteiger partial charge >= 0.3 is 0 Å². The third-order valence-electron chi connectivity index (χ3n) is 1.50. The Hall–Kier alpha value is -1.98. The van der Waals surface area contributed by atoms with Gasteiger partial charge in [0.05, 0.1) is 0 Å². The van der Waals surface area contributed by atoms with Crippen molar-refractivity contribution in [3.63, 3.8) is 0 Å². The zero-order valence-electron chi connectivity index (χ0n) is 7.02. The molecular weight excluding hydrogens is 168 g/mol. The quantitative estimate of drug-likeness (QED) is 0.645. The first kappa shape index (κ1) is 7.66. The molecule has 2 aromatic heterocycles. The molecule has 0 aliphatic heterocycles. The molecule has 2 aromatic rings. The van der Waals surface area contributed by atoms with Crippen molar-refractivity contribution in [2.45, 2.75) is 6.92 Å².